The van der Waals surface area contributed by atoms with Gasteiger partial charge in [-0.3, -0.25) is 4.79 Å². The Morgan fingerprint density at radius 3 is 3.06 bits per heavy atom. The van der Waals surface area contributed by atoms with E-state index in [2.05, 4.69) is 15.3 Å². The van der Waals surface area contributed by atoms with E-state index in [1.807, 2.05) is 24.3 Å². The van der Waals surface area contributed by atoms with E-state index in [0.717, 1.165) is 11.3 Å². The molecular formula is C11H11ClN4O. The van der Waals surface area contributed by atoms with E-state index < -0.39 is 0 Å². The van der Waals surface area contributed by atoms with Gasteiger partial charge in [-0.25, -0.2) is 4.98 Å². The van der Waals surface area contributed by atoms with Crippen LogP contribution in [0.4, 0.5) is 11.5 Å². The molecule has 4 N–H and O–H groups in total. The van der Waals surface area contributed by atoms with Crippen molar-refractivity contribution in [3.8, 4) is 0 Å². The van der Waals surface area contributed by atoms with Crippen LogP contribution in [0.3, 0.4) is 0 Å². The SMILES string of the molecule is NCc1cccc(Nc2nc[nH]c(=O)c2Cl)c1. The first-order chi connectivity index (χ1) is 8.20. The number of nitrogens with zero attached hydrogens (tertiary/aromatic N) is 1. The van der Waals surface area contributed by atoms with Crippen LogP contribution in [0.25, 0.3) is 0 Å². The number of aromatic amines is 1. The van der Waals surface area contributed by atoms with Gasteiger partial charge in [0.15, 0.2) is 5.82 Å². The van der Waals surface area contributed by atoms with Crippen molar-refractivity contribution in [2.75, 3.05) is 5.32 Å². The topological polar surface area (TPSA) is 83.8 Å². The molecule has 0 radical (unpaired) electrons. The molecule has 17 heavy (non-hydrogen) atoms. The Hall–Kier alpha value is -1.85. The lowest BCUT2D eigenvalue weighted by atomic mass is 10.2. The third-order valence-corrected chi connectivity index (χ3v) is 2.57. The molecule has 0 unspecified atom stereocenters. The zero-order valence-electron chi connectivity index (χ0n) is 8.90. The summed E-state index contributed by atoms with van der Waals surface area (Å²) < 4.78 is 0. The molecule has 0 aliphatic carbocycles. The van der Waals surface area contributed by atoms with E-state index in [1.165, 1.54) is 6.33 Å². The zero-order chi connectivity index (χ0) is 12.3. The summed E-state index contributed by atoms with van der Waals surface area (Å²) in [5.74, 6) is 0.324. The molecule has 1 heterocycles. The molecule has 0 fully saturated rings. The third-order valence-electron chi connectivity index (χ3n) is 2.22. The van der Waals surface area contributed by atoms with Gasteiger partial charge in [0.1, 0.15) is 5.02 Å². The number of hydrogen-bond donors (Lipinski definition) is 3. The van der Waals surface area contributed by atoms with E-state index in [1.54, 1.807) is 0 Å². The van der Waals surface area contributed by atoms with Crippen molar-refractivity contribution in [2.45, 2.75) is 6.54 Å². The van der Waals surface area contributed by atoms with Gasteiger partial charge in [-0.2, -0.15) is 0 Å². The van der Waals surface area contributed by atoms with Gasteiger partial charge < -0.3 is 16.0 Å². The van der Waals surface area contributed by atoms with Crippen LogP contribution in [0.1, 0.15) is 5.56 Å². The molecule has 0 aliphatic rings. The van der Waals surface area contributed by atoms with Gasteiger partial charge in [0, 0.05) is 12.2 Å². The summed E-state index contributed by atoms with van der Waals surface area (Å²) in [4.78, 5) is 17.6. The maximum atomic E-state index is 11.3. The van der Waals surface area contributed by atoms with Crippen molar-refractivity contribution in [3.05, 3.63) is 51.5 Å². The first-order valence-corrected chi connectivity index (χ1v) is 5.37. The fraction of sp³-hybridized carbons (Fsp3) is 0.0909. The fourth-order valence-corrected chi connectivity index (χ4v) is 1.53. The molecule has 1 aromatic carbocycles. The monoisotopic (exact) mass is 250 g/mol. The van der Waals surface area contributed by atoms with E-state index in [0.29, 0.717) is 12.4 Å². The third kappa shape index (κ3) is 2.64. The first kappa shape index (κ1) is 11.6. The number of nitrogens with two attached hydrogens (primary N) is 1. The average molecular weight is 251 g/mol. The van der Waals surface area contributed by atoms with Crippen LogP contribution in [0.5, 0.6) is 0 Å². The van der Waals surface area contributed by atoms with Crippen LogP contribution in [0.15, 0.2) is 35.4 Å². The van der Waals surface area contributed by atoms with Crippen molar-refractivity contribution in [2.24, 2.45) is 5.73 Å². The van der Waals surface area contributed by atoms with Crippen LogP contribution >= 0.6 is 11.6 Å². The first-order valence-electron chi connectivity index (χ1n) is 5.00. The van der Waals surface area contributed by atoms with Gasteiger partial charge in [-0.15, -0.1) is 0 Å². The molecule has 5 nitrogen and oxygen atoms in total. The summed E-state index contributed by atoms with van der Waals surface area (Å²) in [7, 11) is 0. The van der Waals surface area contributed by atoms with Crippen molar-refractivity contribution in [1.82, 2.24) is 9.97 Å². The van der Waals surface area contributed by atoms with Crippen molar-refractivity contribution in [1.29, 1.82) is 0 Å². The van der Waals surface area contributed by atoms with Crippen molar-refractivity contribution < 1.29 is 0 Å². The fourth-order valence-electron chi connectivity index (χ4n) is 1.38. The number of rotatable bonds is 3. The van der Waals surface area contributed by atoms with Crippen LogP contribution in [0.2, 0.25) is 5.02 Å². The highest BCUT2D eigenvalue weighted by atomic mass is 35.5. The lowest BCUT2D eigenvalue weighted by Crippen LogP contribution is -2.09. The highest BCUT2D eigenvalue weighted by Crippen LogP contribution is 2.19. The Bertz CT molecular complexity index is 582. The Balaban J connectivity index is 2.31. The Morgan fingerprint density at radius 1 is 1.47 bits per heavy atom. The minimum Gasteiger partial charge on any atom is -0.339 e. The molecular weight excluding hydrogens is 240 g/mol. The lowest BCUT2D eigenvalue weighted by Gasteiger charge is -2.07. The van der Waals surface area contributed by atoms with Crippen molar-refractivity contribution >= 4 is 23.1 Å². The van der Waals surface area contributed by atoms with Crippen LogP contribution in [-0.2, 0) is 6.54 Å². The molecule has 88 valence electrons. The predicted molar refractivity (Wildman–Crippen MR) is 67.5 cm³/mol. The molecule has 0 aliphatic heterocycles. The van der Waals surface area contributed by atoms with Crippen molar-refractivity contribution in [3.63, 3.8) is 0 Å². The molecule has 0 saturated heterocycles. The predicted octanol–water partition coefficient (Wildman–Crippen LogP) is 1.63. The molecule has 0 saturated carbocycles. The lowest BCUT2D eigenvalue weighted by molar-refractivity contribution is 1.07. The quantitative estimate of drug-likeness (QED) is 0.773. The van der Waals surface area contributed by atoms with Gasteiger partial charge in [-0.05, 0) is 17.7 Å². The summed E-state index contributed by atoms with van der Waals surface area (Å²) in [6, 6.07) is 7.50. The molecule has 2 rings (SSSR count). The number of benzene rings is 1. The Kier molecular flexibility index (Phi) is 3.41. The standard InChI is InChI=1S/C11H11ClN4O/c12-9-10(14-6-15-11(9)17)16-8-3-1-2-7(4-8)5-13/h1-4,6H,5,13H2,(H2,14,15,16,17). The molecule has 0 amide bonds. The number of aromatic nitrogens is 2. The summed E-state index contributed by atoms with van der Waals surface area (Å²) in [6.07, 6.45) is 1.29. The zero-order valence-corrected chi connectivity index (χ0v) is 9.66. The molecule has 1 aromatic heterocycles. The summed E-state index contributed by atoms with van der Waals surface area (Å²) in [5.41, 5.74) is 6.93. The van der Waals surface area contributed by atoms with E-state index in [9.17, 15) is 4.79 Å². The summed E-state index contributed by atoms with van der Waals surface area (Å²) in [6.45, 7) is 0.450. The number of nitrogens with one attached hydrogen (secondary N) is 2. The number of anilines is 2. The minimum atomic E-state index is -0.376. The van der Waals surface area contributed by atoms with E-state index in [-0.39, 0.29) is 10.6 Å². The number of halogens is 1. The van der Waals surface area contributed by atoms with Gasteiger partial charge in [0.2, 0.25) is 0 Å². The van der Waals surface area contributed by atoms with Gasteiger partial charge in [0.05, 0.1) is 6.33 Å². The largest absolute Gasteiger partial charge is 0.339 e. The van der Waals surface area contributed by atoms with Crippen LogP contribution in [-0.4, -0.2) is 9.97 Å². The summed E-state index contributed by atoms with van der Waals surface area (Å²) in [5, 5.41) is 3.00. The van der Waals surface area contributed by atoms with Crippen LogP contribution < -0.4 is 16.6 Å². The highest BCUT2D eigenvalue weighted by Gasteiger charge is 2.05. The molecule has 2 aromatic rings. The van der Waals surface area contributed by atoms with Gasteiger partial charge in [-0.1, -0.05) is 23.7 Å². The molecule has 6 heteroatoms. The number of H-pyrrole nitrogens is 1. The minimum absolute atomic E-state index is 0.0330. The summed E-state index contributed by atoms with van der Waals surface area (Å²) >= 11 is 5.82. The second kappa shape index (κ2) is 4.99. The Morgan fingerprint density at radius 2 is 2.29 bits per heavy atom. The maximum Gasteiger partial charge on any atom is 0.271 e. The Labute approximate surface area is 103 Å². The van der Waals surface area contributed by atoms with E-state index >= 15 is 0 Å². The van der Waals surface area contributed by atoms with Gasteiger partial charge >= 0.3 is 0 Å². The normalized spacial score (nSPS) is 10.2. The van der Waals surface area contributed by atoms with E-state index in [4.69, 9.17) is 17.3 Å². The molecule has 0 bridgehead atoms. The molecule has 0 atom stereocenters. The number of hydrogen-bond acceptors (Lipinski definition) is 4. The second-order valence-electron chi connectivity index (χ2n) is 3.42. The second-order valence-corrected chi connectivity index (χ2v) is 3.80. The van der Waals surface area contributed by atoms with Crippen LogP contribution in [0, 0.1) is 0 Å². The highest BCUT2D eigenvalue weighted by molar-refractivity contribution is 6.32. The maximum absolute atomic E-state index is 11.3. The smallest absolute Gasteiger partial charge is 0.271 e. The molecule has 0 spiro atoms. The average Bonchev–Trinajstić information content (AvgIpc) is 2.35. The van der Waals surface area contributed by atoms with Gasteiger partial charge in [0.25, 0.3) is 5.56 Å².